The summed E-state index contributed by atoms with van der Waals surface area (Å²) in [5, 5.41) is 13.2. The highest BCUT2D eigenvalue weighted by Crippen LogP contribution is 2.24. The number of phenols is 1. The number of amides is 1. The van der Waals surface area contributed by atoms with Crippen molar-refractivity contribution in [3.63, 3.8) is 0 Å². The minimum absolute atomic E-state index is 0.114. The number of H-pyrrole nitrogens is 1. The lowest BCUT2D eigenvalue weighted by molar-refractivity contribution is -0.144. The van der Waals surface area contributed by atoms with Crippen molar-refractivity contribution < 1.29 is 19.4 Å². The number of carbonyl (C=O) groups is 2. The molecule has 27 heavy (non-hydrogen) atoms. The maximum atomic E-state index is 12.5. The number of aromatic amines is 1. The van der Waals surface area contributed by atoms with Gasteiger partial charge < -0.3 is 20.1 Å². The molecule has 6 heteroatoms. The minimum atomic E-state index is -0.924. The second-order valence-corrected chi connectivity index (χ2v) is 5.95. The van der Waals surface area contributed by atoms with Crippen LogP contribution in [-0.2, 0) is 16.0 Å². The molecule has 0 saturated heterocycles. The number of phenolic OH excluding ortho intramolecular Hbond substituents is 1. The lowest BCUT2D eigenvalue weighted by Crippen LogP contribution is -2.43. The van der Waals surface area contributed by atoms with E-state index < -0.39 is 12.0 Å². The van der Waals surface area contributed by atoms with Crippen LogP contribution >= 0.6 is 0 Å². The first-order valence-electron chi connectivity index (χ1n) is 8.33. The molecule has 0 fully saturated rings. The first kappa shape index (κ1) is 18.1. The first-order valence-corrected chi connectivity index (χ1v) is 8.33. The van der Waals surface area contributed by atoms with Gasteiger partial charge in [0, 0.05) is 29.1 Å². The van der Waals surface area contributed by atoms with Crippen molar-refractivity contribution in [3.8, 4) is 18.1 Å². The molecule has 1 unspecified atom stereocenters. The van der Waals surface area contributed by atoms with Gasteiger partial charge in [-0.3, -0.25) is 4.79 Å². The molecule has 2 aromatic carbocycles. The Balaban J connectivity index is 1.85. The largest absolute Gasteiger partial charge is 0.508 e. The van der Waals surface area contributed by atoms with Gasteiger partial charge in [-0.15, -0.1) is 6.42 Å². The van der Waals surface area contributed by atoms with Crippen molar-refractivity contribution in [1.82, 2.24) is 10.3 Å². The van der Waals surface area contributed by atoms with Crippen LogP contribution in [0.15, 0.2) is 54.7 Å². The maximum absolute atomic E-state index is 12.5. The second-order valence-electron chi connectivity index (χ2n) is 5.95. The van der Waals surface area contributed by atoms with E-state index in [4.69, 9.17) is 11.2 Å². The zero-order valence-corrected chi connectivity index (χ0v) is 14.4. The Bertz CT molecular complexity index is 1000. The molecule has 0 aliphatic rings. The summed E-state index contributed by atoms with van der Waals surface area (Å²) in [6, 6.07) is 12.6. The standard InChI is InChI=1S/C21H18N2O4/c1-2-10-27-21(26)19(23-20(25)14-6-4-3-5-7-14)11-15-13-22-18-9-8-16(24)12-17(15)18/h1,3-9,12-13,19,22,24H,10-11H2,(H,23,25). The van der Waals surface area contributed by atoms with E-state index in [1.54, 1.807) is 54.7 Å². The van der Waals surface area contributed by atoms with Crippen molar-refractivity contribution in [1.29, 1.82) is 0 Å². The van der Waals surface area contributed by atoms with Crippen LogP contribution in [0.3, 0.4) is 0 Å². The van der Waals surface area contributed by atoms with Crippen LogP contribution in [-0.4, -0.2) is 34.6 Å². The molecule has 3 aromatic rings. The van der Waals surface area contributed by atoms with Gasteiger partial charge in [-0.2, -0.15) is 0 Å². The third-order valence-electron chi connectivity index (χ3n) is 4.10. The van der Waals surface area contributed by atoms with Crippen molar-refractivity contribution >= 4 is 22.8 Å². The number of fused-ring (bicyclic) bond motifs is 1. The Morgan fingerprint density at radius 3 is 2.74 bits per heavy atom. The van der Waals surface area contributed by atoms with Crippen LogP contribution in [0.5, 0.6) is 5.75 Å². The molecule has 0 spiro atoms. The fraction of sp³-hybridized carbons (Fsp3) is 0.143. The molecule has 6 nitrogen and oxygen atoms in total. The molecular formula is C21H18N2O4. The van der Waals surface area contributed by atoms with Crippen LogP contribution in [0.2, 0.25) is 0 Å². The highest BCUT2D eigenvalue weighted by atomic mass is 16.5. The van der Waals surface area contributed by atoms with Crippen LogP contribution in [0.4, 0.5) is 0 Å². The zero-order chi connectivity index (χ0) is 19.2. The van der Waals surface area contributed by atoms with Crippen LogP contribution in [0, 0.1) is 12.3 Å². The van der Waals surface area contributed by atoms with E-state index in [2.05, 4.69) is 16.2 Å². The number of terminal acetylenes is 1. The van der Waals surface area contributed by atoms with Crippen molar-refractivity contribution in [2.45, 2.75) is 12.5 Å². The zero-order valence-electron chi connectivity index (χ0n) is 14.4. The molecule has 0 aliphatic carbocycles. The highest BCUT2D eigenvalue weighted by molar-refractivity contribution is 5.97. The molecule has 0 radical (unpaired) electrons. The molecule has 0 aliphatic heterocycles. The summed E-state index contributed by atoms with van der Waals surface area (Å²) in [5.41, 5.74) is 2.01. The number of aromatic hydroxyl groups is 1. The van der Waals surface area contributed by atoms with E-state index >= 15 is 0 Å². The number of aromatic nitrogens is 1. The van der Waals surface area contributed by atoms with Crippen molar-refractivity contribution in [2.24, 2.45) is 0 Å². The SMILES string of the molecule is C#CCOC(=O)C(Cc1c[nH]c2ccc(O)cc12)NC(=O)c1ccccc1. The van der Waals surface area contributed by atoms with Gasteiger partial charge in [-0.25, -0.2) is 4.79 Å². The normalized spacial score (nSPS) is 11.5. The Labute approximate surface area is 156 Å². The number of hydrogen-bond donors (Lipinski definition) is 3. The molecule has 0 bridgehead atoms. The van der Waals surface area contributed by atoms with Gasteiger partial charge in [0.25, 0.3) is 5.91 Å². The van der Waals surface area contributed by atoms with E-state index in [9.17, 15) is 14.7 Å². The summed E-state index contributed by atoms with van der Waals surface area (Å²) >= 11 is 0. The van der Waals surface area contributed by atoms with E-state index in [-0.39, 0.29) is 24.7 Å². The quantitative estimate of drug-likeness (QED) is 0.464. The molecule has 1 aromatic heterocycles. The molecular weight excluding hydrogens is 344 g/mol. The monoisotopic (exact) mass is 362 g/mol. The predicted octanol–water partition coefficient (Wildman–Crippen LogP) is 2.39. The smallest absolute Gasteiger partial charge is 0.329 e. The summed E-state index contributed by atoms with van der Waals surface area (Å²) in [6.07, 6.45) is 7.07. The highest BCUT2D eigenvalue weighted by Gasteiger charge is 2.24. The number of ether oxygens (including phenoxy) is 1. The number of nitrogens with one attached hydrogen (secondary N) is 2. The Morgan fingerprint density at radius 2 is 2.00 bits per heavy atom. The molecule has 3 N–H and O–H groups in total. The van der Waals surface area contributed by atoms with Gasteiger partial charge in [-0.1, -0.05) is 24.1 Å². The lowest BCUT2D eigenvalue weighted by atomic mass is 10.0. The molecule has 0 saturated carbocycles. The fourth-order valence-corrected chi connectivity index (χ4v) is 2.79. The predicted molar refractivity (Wildman–Crippen MR) is 101 cm³/mol. The van der Waals surface area contributed by atoms with Crippen molar-refractivity contribution in [2.75, 3.05) is 6.61 Å². The van der Waals surface area contributed by atoms with Gasteiger partial charge >= 0.3 is 5.97 Å². The van der Waals surface area contributed by atoms with Gasteiger partial charge in [-0.05, 0) is 35.9 Å². The number of carbonyl (C=O) groups excluding carboxylic acids is 2. The second kappa shape index (κ2) is 8.11. The Kier molecular flexibility index (Phi) is 5.43. The number of esters is 1. The van der Waals surface area contributed by atoms with Gasteiger partial charge in [0.15, 0.2) is 6.61 Å². The molecule has 1 amide bonds. The van der Waals surface area contributed by atoms with Crippen LogP contribution in [0.25, 0.3) is 10.9 Å². The topological polar surface area (TPSA) is 91.4 Å². The third-order valence-corrected chi connectivity index (χ3v) is 4.10. The summed E-state index contributed by atoms with van der Waals surface area (Å²) in [5.74, 6) is 1.35. The van der Waals surface area contributed by atoms with E-state index in [0.717, 1.165) is 16.5 Å². The maximum Gasteiger partial charge on any atom is 0.329 e. The average Bonchev–Trinajstić information content (AvgIpc) is 3.08. The van der Waals surface area contributed by atoms with E-state index in [0.29, 0.717) is 5.56 Å². The van der Waals surface area contributed by atoms with Gasteiger partial charge in [0.1, 0.15) is 11.8 Å². The van der Waals surface area contributed by atoms with E-state index in [1.807, 2.05) is 0 Å². The molecule has 1 atom stereocenters. The van der Waals surface area contributed by atoms with Gasteiger partial charge in [0.2, 0.25) is 0 Å². The molecule has 1 heterocycles. The Morgan fingerprint density at radius 1 is 1.22 bits per heavy atom. The average molecular weight is 362 g/mol. The van der Waals surface area contributed by atoms with Crippen LogP contribution < -0.4 is 5.32 Å². The first-order chi connectivity index (χ1) is 13.1. The third kappa shape index (κ3) is 4.28. The lowest BCUT2D eigenvalue weighted by Gasteiger charge is -2.17. The van der Waals surface area contributed by atoms with Crippen LogP contribution in [0.1, 0.15) is 15.9 Å². The van der Waals surface area contributed by atoms with E-state index in [1.165, 1.54) is 0 Å². The van der Waals surface area contributed by atoms with Crippen molar-refractivity contribution in [3.05, 3.63) is 65.9 Å². The number of rotatable bonds is 6. The number of hydrogen-bond acceptors (Lipinski definition) is 4. The summed E-state index contributed by atoms with van der Waals surface area (Å²) in [4.78, 5) is 28.0. The minimum Gasteiger partial charge on any atom is -0.508 e. The summed E-state index contributed by atoms with van der Waals surface area (Å²) < 4.78 is 5.03. The summed E-state index contributed by atoms with van der Waals surface area (Å²) in [7, 11) is 0. The van der Waals surface area contributed by atoms with Gasteiger partial charge in [0.05, 0.1) is 0 Å². The molecule has 136 valence electrons. The fourth-order valence-electron chi connectivity index (χ4n) is 2.79. The summed E-state index contributed by atoms with van der Waals surface area (Å²) in [6.45, 7) is -0.175. The Hall–Kier alpha value is -3.72. The number of benzene rings is 2. The molecule has 3 rings (SSSR count).